The SMILES string of the molecule is CCO[Si](CC)(CC/N=C(\C)CC)OCC. The largest absolute Gasteiger partial charge is 0.394 e. The molecule has 0 aliphatic carbocycles. The highest BCUT2D eigenvalue weighted by Gasteiger charge is 2.34. The fourth-order valence-corrected chi connectivity index (χ4v) is 4.26. The van der Waals surface area contributed by atoms with Crippen molar-refractivity contribution in [3.63, 3.8) is 0 Å². The van der Waals surface area contributed by atoms with E-state index >= 15 is 0 Å². The first-order valence-corrected chi connectivity index (χ1v) is 8.65. The average Bonchev–Trinajstić information content (AvgIpc) is 2.29. The molecule has 4 heteroatoms. The molecule has 3 nitrogen and oxygen atoms in total. The van der Waals surface area contributed by atoms with Crippen LogP contribution in [0, 0.1) is 0 Å². The molecule has 16 heavy (non-hydrogen) atoms. The molecule has 0 fully saturated rings. The fourth-order valence-electron chi connectivity index (χ4n) is 1.62. The Morgan fingerprint density at radius 1 is 1.06 bits per heavy atom. The summed E-state index contributed by atoms with van der Waals surface area (Å²) in [6.07, 6.45) is 1.03. The molecule has 0 unspecified atom stereocenters. The van der Waals surface area contributed by atoms with E-state index in [1.54, 1.807) is 0 Å². The molecular weight excluding hydrogens is 218 g/mol. The van der Waals surface area contributed by atoms with E-state index in [-0.39, 0.29) is 0 Å². The molecule has 0 aromatic heterocycles. The van der Waals surface area contributed by atoms with Crippen molar-refractivity contribution in [2.75, 3.05) is 19.8 Å². The zero-order chi connectivity index (χ0) is 12.4. The summed E-state index contributed by atoms with van der Waals surface area (Å²) >= 11 is 0. The highest BCUT2D eigenvalue weighted by Crippen LogP contribution is 2.19. The van der Waals surface area contributed by atoms with Crippen molar-refractivity contribution in [1.29, 1.82) is 0 Å². The van der Waals surface area contributed by atoms with Crippen LogP contribution in [0.25, 0.3) is 0 Å². The molecule has 0 rings (SSSR count). The number of nitrogens with zero attached hydrogens (tertiary/aromatic N) is 1. The summed E-state index contributed by atoms with van der Waals surface area (Å²) in [5, 5.41) is 0. The molecule has 0 bridgehead atoms. The molecule has 0 amide bonds. The molecular formula is C12H27NO2Si. The van der Waals surface area contributed by atoms with Gasteiger partial charge in [0, 0.05) is 31.5 Å². The molecule has 0 saturated heterocycles. The van der Waals surface area contributed by atoms with E-state index < -0.39 is 8.56 Å². The van der Waals surface area contributed by atoms with Crippen LogP contribution in [-0.4, -0.2) is 34.0 Å². The first-order chi connectivity index (χ1) is 7.64. The molecule has 96 valence electrons. The van der Waals surface area contributed by atoms with Crippen LogP contribution in [0.4, 0.5) is 0 Å². The molecule has 0 aromatic rings. The van der Waals surface area contributed by atoms with Crippen molar-refractivity contribution in [3.8, 4) is 0 Å². The van der Waals surface area contributed by atoms with E-state index in [2.05, 4.69) is 25.8 Å². The Morgan fingerprint density at radius 3 is 2.00 bits per heavy atom. The predicted molar refractivity (Wildman–Crippen MR) is 72.6 cm³/mol. The molecule has 0 heterocycles. The van der Waals surface area contributed by atoms with E-state index in [0.717, 1.165) is 38.3 Å². The van der Waals surface area contributed by atoms with Gasteiger partial charge >= 0.3 is 8.56 Å². The van der Waals surface area contributed by atoms with Gasteiger partial charge in [-0.2, -0.15) is 0 Å². The van der Waals surface area contributed by atoms with E-state index in [1.165, 1.54) is 5.71 Å². The molecule has 0 atom stereocenters. The van der Waals surface area contributed by atoms with E-state index in [0.29, 0.717) is 0 Å². The van der Waals surface area contributed by atoms with Crippen LogP contribution < -0.4 is 0 Å². The van der Waals surface area contributed by atoms with Gasteiger partial charge in [-0.3, -0.25) is 4.99 Å². The lowest BCUT2D eigenvalue weighted by Crippen LogP contribution is -2.42. The summed E-state index contributed by atoms with van der Waals surface area (Å²) < 4.78 is 11.8. The maximum atomic E-state index is 5.88. The van der Waals surface area contributed by atoms with Crippen molar-refractivity contribution < 1.29 is 8.85 Å². The minimum absolute atomic E-state index is 0.747. The summed E-state index contributed by atoms with van der Waals surface area (Å²) in [6.45, 7) is 12.8. The van der Waals surface area contributed by atoms with Crippen molar-refractivity contribution in [1.82, 2.24) is 0 Å². The molecule has 0 saturated carbocycles. The van der Waals surface area contributed by atoms with Gasteiger partial charge in [-0.05, 0) is 33.2 Å². The van der Waals surface area contributed by atoms with Gasteiger partial charge in [0.25, 0.3) is 0 Å². The maximum Gasteiger partial charge on any atom is 0.339 e. The van der Waals surface area contributed by atoms with Crippen LogP contribution >= 0.6 is 0 Å². The Morgan fingerprint density at radius 2 is 1.62 bits per heavy atom. The first kappa shape index (κ1) is 15.8. The normalized spacial score (nSPS) is 13.2. The van der Waals surface area contributed by atoms with Gasteiger partial charge in [0.05, 0.1) is 0 Å². The van der Waals surface area contributed by atoms with E-state index in [9.17, 15) is 0 Å². The summed E-state index contributed by atoms with van der Waals surface area (Å²) in [5.74, 6) is 0. The average molecular weight is 245 g/mol. The van der Waals surface area contributed by atoms with Crippen molar-refractivity contribution in [3.05, 3.63) is 0 Å². The number of rotatable bonds is 9. The molecule has 0 radical (unpaired) electrons. The van der Waals surface area contributed by atoms with Crippen LogP contribution in [0.15, 0.2) is 4.99 Å². The van der Waals surface area contributed by atoms with Crippen LogP contribution in [0.2, 0.25) is 12.1 Å². The second-order valence-corrected chi connectivity index (χ2v) is 7.46. The third-order valence-electron chi connectivity index (χ3n) is 2.74. The summed E-state index contributed by atoms with van der Waals surface area (Å²) in [6, 6.07) is 1.98. The van der Waals surface area contributed by atoms with Gasteiger partial charge < -0.3 is 8.85 Å². The van der Waals surface area contributed by atoms with Gasteiger partial charge in [0.2, 0.25) is 0 Å². The number of hydrogen-bond donors (Lipinski definition) is 0. The minimum Gasteiger partial charge on any atom is -0.394 e. The van der Waals surface area contributed by atoms with Crippen LogP contribution in [0.1, 0.15) is 41.0 Å². The van der Waals surface area contributed by atoms with Crippen LogP contribution in [-0.2, 0) is 8.85 Å². The zero-order valence-corrected chi connectivity index (χ0v) is 12.5. The zero-order valence-electron chi connectivity index (χ0n) is 11.5. The first-order valence-electron chi connectivity index (χ1n) is 6.41. The lowest BCUT2D eigenvalue weighted by Gasteiger charge is -2.28. The van der Waals surface area contributed by atoms with Gasteiger partial charge in [-0.15, -0.1) is 0 Å². The second kappa shape index (κ2) is 8.90. The van der Waals surface area contributed by atoms with Crippen LogP contribution in [0.3, 0.4) is 0 Å². The van der Waals surface area contributed by atoms with Gasteiger partial charge in [0.15, 0.2) is 0 Å². The third kappa shape index (κ3) is 5.77. The standard InChI is InChI=1S/C12H27NO2Si/c1-6-12(5)13-10-11-16(9-4,14-7-2)15-8-3/h6-11H2,1-5H3/b13-12+. The second-order valence-electron chi connectivity index (χ2n) is 3.85. The van der Waals surface area contributed by atoms with Crippen LogP contribution in [0.5, 0.6) is 0 Å². The number of aliphatic imine (C=N–C) groups is 1. The topological polar surface area (TPSA) is 30.8 Å². The van der Waals surface area contributed by atoms with Crippen molar-refractivity contribution in [2.24, 2.45) is 4.99 Å². The quantitative estimate of drug-likeness (QED) is 0.460. The summed E-state index contributed by atoms with van der Waals surface area (Å²) in [5.41, 5.74) is 1.21. The number of hydrogen-bond acceptors (Lipinski definition) is 3. The molecule has 0 aliphatic rings. The van der Waals surface area contributed by atoms with Gasteiger partial charge in [-0.1, -0.05) is 13.8 Å². The monoisotopic (exact) mass is 245 g/mol. The van der Waals surface area contributed by atoms with E-state index in [4.69, 9.17) is 8.85 Å². The Balaban J connectivity index is 4.29. The third-order valence-corrected chi connectivity index (χ3v) is 6.43. The minimum atomic E-state index is -1.96. The Bertz CT molecular complexity index is 201. The smallest absolute Gasteiger partial charge is 0.339 e. The molecule has 0 N–H and O–H groups in total. The molecule has 0 spiro atoms. The fraction of sp³-hybridized carbons (Fsp3) is 0.917. The summed E-state index contributed by atoms with van der Waals surface area (Å²) in [4.78, 5) is 4.53. The Kier molecular flexibility index (Phi) is 8.79. The van der Waals surface area contributed by atoms with Crippen molar-refractivity contribution >= 4 is 14.3 Å². The summed E-state index contributed by atoms with van der Waals surface area (Å²) in [7, 11) is -1.96. The molecule has 0 aliphatic heterocycles. The lowest BCUT2D eigenvalue weighted by atomic mass is 10.3. The van der Waals surface area contributed by atoms with E-state index in [1.807, 2.05) is 13.8 Å². The highest BCUT2D eigenvalue weighted by molar-refractivity contribution is 6.67. The highest BCUT2D eigenvalue weighted by atomic mass is 28.4. The Labute approximate surface area is 102 Å². The van der Waals surface area contributed by atoms with Gasteiger partial charge in [0.1, 0.15) is 0 Å². The predicted octanol–water partition coefficient (Wildman–Crippen LogP) is 3.39. The van der Waals surface area contributed by atoms with Crippen molar-refractivity contribution in [2.45, 2.75) is 53.1 Å². The Hall–Kier alpha value is -0.193. The lowest BCUT2D eigenvalue weighted by molar-refractivity contribution is 0.184. The maximum absolute atomic E-state index is 5.88. The molecule has 0 aromatic carbocycles. The van der Waals surface area contributed by atoms with Gasteiger partial charge in [-0.25, -0.2) is 0 Å².